The van der Waals surface area contributed by atoms with E-state index >= 15 is 0 Å². The average molecular weight is 343 g/mol. The van der Waals surface area contributed by atoms with Gasteiger partial charge in [-0.1, -0.05) is 30.3 Å². The van der Waals surface area contributed by atoms with Gasteiger partial charge in [0, 0.05) is 41.0 Å². The van der Waals surface area contributed by atoms with Gasteiger partial charge in [-0.25, -0.2) is 0 Å². The van der Waals surface area contributed by atoms with Crippen molar-refractivity contribution >= 4 is 11.3 Å². The molecule has 0 spiro atoms. The summed E-state index contributed by atoms with van der Waals surface area (Å²) in [4.78, 5) is 8.20. The first kappa shape index (κ1) is 17.7. The molecular weight excluding hydrogens is 312 g/mol. The van der Waals surface area contributed by atoms with Crippen LogP contribution in [-0.4, -0.2) is 41.5 Å². The summed E-state index contributed by atoms with van der Waals surface area (Å²) in [7, 11) is 2.30. The van der Waals surface area contributed by atoms with Crippen molar-refractivity contribution in [2.24, 2.45) is 0 Å². The molecule has 1 aliphatic heterocycles. The third-order valence-electron chi connectivity index (χ3n) is 5.41. The predicted molar refractivity (Wildman–Crippen MR) is 105 cm³/mol. The van der Waals surface area contributed by atoms with Crippen LogP contribution in [0.3, 0.4) is 0 Å². The number of likely N-dealkylation sites (tertiary alicyclic amines) is 1. The molecule has 3 rings (SSSR count). The number of likely N-dealkylation sites (N-methyl/N-ethyl adjacent to an activating group) is 1. The van der Waals surface area contributed by atoms with E-state index in [0.29, 0.717) is 18.1 Å². The Morgan fingerprint density at radius 2 is 1.92 bits per heavy atom. The fraction of sp³-hybridized carbons (Fsp3) is 0.524. The van der Waals surface area contributed by atoms with Gasteiger partial charge in [0.05, 0.1) is 0 Å². The van der Waals surface area contributed by atoms with Gasteiger partial charge >= 0.3 is 0 Å². The Labute approximate surface area is 151 Å². The number of benzene rings is 1. The molecule has 0 unspecified atom stereocenters. The minimum absolute atomic E-state index is 0.595. The maximum atomic E-state index is 2.71. The summed E-state index contributed by atoms with van der Waals surface area (Å²) in [6.07, 6.45) is 2.42. The van der Waals surface area contributed by atoms with E-state index in [1.807, 2.05) is 11.3 Å². The van der Waals surface area contributed by atoms with E-state index in [1.165, 1.54) is 28.3 Å². The molecule has 0 amide bonds. The molecule has 1 aromatic heterocycles. The number of hydrogen-bond donors (Lipinski definition) is 0. The third-order valence-corrected chi connectivity index (χ3v) is 6.39. The lowest BCUT2D eigenvalue weighted by Crippen LogP contribution is -2.47. The van der Waals surface area contributed by atoms with Gasteiger partial charge in [-0.05, 0) is 58.4 Å². The zero-order chi connectivity index (χ0) is 17.1. The highest BCUT2D eigenvalue weighted by atomic mass is 32.1. The van der Waals surface area contributed by atoms with E-state index in [-0.39, 0.29) is 0 Å². The van der Waals surface area contributed by atoms with Crippen LogP contribution in [0.4, 0.5) is 0 Å². The van der Waals surface area contributed by atoms with Crippen LogP contribution in [0, 0.1) is 6.92 Å². The second-order valence-electron chi connectivity index (χ2n) is 7.36. The molecule has 1 saturated heterocycles. The Kier molecular flexibility index (Phi) is 5.75. The number of thiophene rings is 1. The average Bonchev–Trinajstić information content (AvgIpc) is 3.15. The van der Waals surface area contributed by atoms with Gasteiger partial charge in [-0.15, -0.1) is 11.3 Å². The molecule has 2 aromatic rings. The van der Waals surface area contributed by atoms with E-state index in [4.69, 9.17) is 0 Å². The predicted octanol–water partition coefficient (Wildman–Crippen LogP) is 4.58. The van der Waals surface area contributed by atoms with Gasteiger partial charge in [0.15, 0.2) is 0 Å². The lowest BCUT2D eigenvalue weighted by Gasteiger charge is -2.35. The quantitative estimate of drug-likeness (QED) is 0.758. The molecule has 2 heterocycles. The Hall–Kier alpha value is -1.16. The highest BCUT2D eigenvalue weighted by Gasteiger charge is 2.37. The fourth-order valence-electron chi connectivity index (χ4n) is 3.84. The molecule has 2 atom stereocenters. The molecular formula is C21H30N2S. The topological polar surface area (TPSA) is 6.48 Å². The molecule has 1 fully saturated rings. The fourth-order valence-corrected chi connectivity index (χ4v) is 4.76. The van der Waals surface area contributed by atoms with Crippen LogP contribution in [0.2, 0.25) is 0 Å². The molecule has 1 aromatic carbocycles. The van der Waals surface area contributed by atoms with Crippen LogP contribution in [0.5, 0.6) is 0 Å². The van der Waals surface area contributed by atoms with Crippen LogP contribution in [0.1, 0.15) is 35.6 Å². The van der Waals surface area contributed by atoms with Crippen LogP contribution < -0.4 is 0 Å². The van der Waals surface area contributed by atoms with Gasteiger partial charge < -0.3 is 0 Å². The van der Waals surface area contributed by atoms with E-state index in [9.17, 15) is 0 Å². The molecule has 1 aliphatic rings. The molecule has 0 radical (unpaired) electrons. The summed E-state index contributed by atoms with van der Waals surface area (Å²) in [6.45, 7) is 9.12. The molecule has 2 nitrogen and oxygen atoms in total. The smallest absolute Gasteiger partial charge is 0.0331 e. The Balaban J connectivity index is 1.78. The lowest BCUT2D eigenvalue weighted by atomic mass is 9.98. The molecule has 24 heavy (non-hydrogen) atoms. The third kappa shape index (κ3) is 4.08. The zero-order valence-electron chi connectivity index (χ0n) is 15.4. The number of nitrogens with zero attached hydrogens (tertiary/aromatic N) is 2. The minimum Gasteiger partial charge on any atom is -0.299 e. The number of hydrogen-bond acceptors (Lipinski definition) is 3. The zero-order valence-corrected chi connectivity index (χ0v) is 16.2. The van der Waals surface area contributed by atoms with Crippen molar-refractivity contribution in [2.45, 2.75) is 58.3 Å². The Morgan fingerprint density at radius 1 is 1.17 bits per heavy atom. The van der Waals surface area contributed by atoms with Gasteiger partial charge in [-0.2, -0.15) is 0 Å². The summed E-state index contributed by atoms with van der Waals surface area (Å²) in [5.74, 6) is 0. The van der Waals surface area contributed by atoms with Gasteiger partial charge in [-0.3, -0.25) is 9.80 Å². The lowest BCUT2D eigenvalue weighted by molar-refractivity contribution is 0.135. The summed E-state index contributed by atoms with van der Waals surface area (Å²) in [6, 6.07) is 17.4. The summed E-state index contributed by atoms with van der Waals surface area (Å²) >= 11 is 1.94. The van der Waals surface area contributed by atoms with Gasteiger partial charge in [0.1, 0.15) is 0 Å². The van der Waals surface area contributed by atoms with Crippen molar-refractivity contribution in [3.05, 3.63) is 57.8 Å². The van der Waals surface area contributed by atoms with Crippen molar-refractivity contribution in [3.8, 4) is 0 Å². The standard InChI is InChI=1S/C21H30N2S/c1-16(2)22(4)20-12-13-23(15-19-11-10-17(3)24-19)21(20)14-18-8-6-5-7-9-18/h5-11,16,20-21H,12-15H2,1-4H3/t20-,21+/m1/s1. The monoisotopic (exact) mass is 342 g/mol. The second-order valence-corrected chi connectivity index (χ2v) is 8.73. The number of aryl methyl sites for hydroxylation is 1. The first-order chi connectivity index (χ1) is 11.5. The summed E-state index contributed by atoms with van der Waals surface area (Å²) < 4.78 is 0. The SMILES string of the molecule is Cc1ccc(CN2CC[C@@H](N(C)C(C)C)[C@@H]2Cc2ccccc2)s1. The highest BCUT2D eigenvalue weighted by molar-refractivity contribution is 7.11. The first-order valence-corrected chi connectivity index (χ1v) is 9.91. The van der Waals surface area contributed by atoms with Crippen molar-refractivity contribution < 1.29 is 0 Å². The largest absolute Gasteiger partial charge is 0.299 e. The van der Waals surface area contributed by atoms with Crippen LogP contribution in [0.25, 0.3) is 0 Å². The summed E-state index contributed by atoms with van der Waals surface area (Å²) in [5, 5.41) is 0. The molecule has 130 valence electrons. The van der Waals surface area contributed by atoms with Crippen molar-refractivity contribution in [1.82, 2.24) is 9.80 Å². The van der Waals surface area contributed by atoms with Crippen molar-refractivity contribution in [3.63, 3.8) is 0 Å². The maximum absolute atomic E-state index is 2.71. The maximum Gasteiger partial charge on any atom is 0.0331 e. The van der Waals surface area contributed by atoms with E-state index in [2.05, 4.69) is 80.1 Å². The van der Waals surface area contributed by atoms with Crippen molar-refractivity contribution in [2.75, 3.05) is 13.6 Å². The van der Waals surface area contributed by atoms with Crippen LogP contribution in [0.15, 0.2) is 42.5 Å². The van der Waals surface area contributed by atoms with Gasteiger partial charge in [0.2, 0.25) is 0 Å². The van der Waals surface area contributed by atoms with Crippen molar-refractivity contribution in [1.29, 1.82) is 0 Å². The molecule has 0 saturated carbocycles. The van der Waals surface area contributed by atoms with E-state index < -0.39 is 0 Å². The minimum atomic E-state index is 0.595. The van der Waals surface area contributed by atoms with Crippen LogP contribution in [-0.2, 0) is 13.0 Å². The van der Waals surface area contributed by atoms with Gasteiger partial charge in [0.25, 0.3) is 0 Å². The Morgan fingerprint density at radius 3 is 2.54 bits per heavy atom. The highest BCUT2D eigenvalue weighted by Crippen LogP contribution is 2.29. The molecule has 0 N–H and O–H groups in total. The van der Waals surface area contributed by atoms with E-state index in [1.54, 1.807) is 0 Å². The van der Waals surface area contributed by atoms with Crippen LogP contribution >= 0.6 is 11.3 Å². The molecule has 0 aliphatic carbocycles. The first-order valence-electron chi connectivity index (χ1n) is 9.10. The number of rotatable bonds is 6. The Bertz CT molecular complexity index is 634. The normalized spacial score (nSPS) is 21.9. The molecule has 3 heteroatoms. The second kappa shape index (κ2) is 7.81. The van der Waals surface area contributed by atoms with E-state index in [0.717, 1.165) is 13.0 Å². The summed E-state index contributed by atoms with van der Waals surface area (Å²) in [5.41, 5.74) is 1.46. The molecule has 0 bridgehead atoms.